The standard InChI is InChI=1S/C31H22F6/c1-2-3-17-4-8-19(9-5-17)24-15-21-12-11-20(27(33)26(21)31(37)29(24)35)10-6-18-7-13-23-22(14-18)16-25(32)30(36)28(23)34/h4-5,7-9,11-16H,2-3,6,10H2,1H3. The van der Waals surface area contributed by atoms with Crippen molar-refractivity contribution in [3.05, 3.63) is 118 Å². The molecular formula is C31H22F6. The van der Waals surface area contributed by atoms with Gasteiger partial charge in [-0.15, -0.1) is 0 Å². The molecule has 0 unspecified atom stereocenters. The van der Waals surface area contributed by atoms with Gasteiger partial charge in [-0.25, -0.2) is 26.3 Å². The highest BCUT2D eigenvalue weighted by Gasteiger charge is 2.20. The molecule has 5 aromatic rings. The van der Waals surface area contributed by atoms with Crippen molar-refractivity contribution in [2.45, 2.75) is 32.6 Å². The van der Waals surface area contributed by atoms with E-state index >= 15 is 13.2 Å². The highest BCUT2D eigenvalue weighted by atomic mass is 19.2. The fourth-order valence-electron chi connectivity index (χ4n) is 4.76. The Bertz CT molecular complexity index is 1640. The Morgan fingerprint density at radius 3 is 2.00 bits per heavy atom. The minimum atomic E-state index is -1.54. The molecule has 0 N–H and O–H groups in total. The van der Waals surface area contributed by atoms with Crippen molar-refractivity contribution in [1.82, 2.24) is 0 Å². The Hall–Kier alpha value is -3.80. The van der Waals surface area contributed by atoms with Gasteiger partial charge in [0.05, 0.1) is 5.39 Å². The maximum atomic E-state index is 15.3. The Balaban J connectivity index is 1.45. The van der Waals surface area contributed by atoms with E-state index in [4.69, 9.17) is 0 Å². The van der Waals surface area contributed by atoms with Crippen molar-refractivity contribution in [2.24, 2.45) is 0 Å². The minimum Gasteiger partial charge on any atom is -0.206 e. The summed E-state index contributed by atoms with van der Waals surface area (Å²) in [5.41, 5.74) is 2.47. The molecular weight excluding hydrogens is 486 g/mol. The van der Waals surface area contributed by atoms with Crippen LogP contribution in [0.25, 0.3) is 32.7 Å². The maximum absolute atomic E-state index is 15.3. The van der Waals surface area contributed by atoms with Crippen LogP contribution < -0.4 is 0 Å². The van der Waals surface area contributed by atoms with E-state index in [0.717, 1.165) is 24.5 Å². The van der Waals surface area contributed by atoms with Crippen molar-refractivity contribution in [2.75, 3.05) is 0 Å². The first-order valence-corrected chi connectivity index (χ1v) is 12.0. The monoisotopic (exact) mass is 508 g/mol. The molecule has 5 rings (SSSR count). The Kier molecular flexibility index (Phi) is 6.67. The predicted molar refractivity (Wildman–Crippen MR) is 134 cm³/mol. The minimum absolute atomic E-state index is 0.0621. The third-order valence-electron chi connectivity index (χ3n) is 6.73. The number of hydrogen-bond donors (Lipinski definition) is 0. The Morgan fingerprint density at radius 2 is 1.27 bits per heavy atom. The summed E-state index contributed by atoms with van der Waals surface area (Å²) in [6.45, 7) is 2.06. The van der Waals surface area contributed by atoms with Gasteiger partial charge in [0.1, 0.15) is 5.82 Å². The van der Waals surface area contributed by atoms with Gasteiger partial charge >= 0.3 is 0 Å². The largest absolute Gasteiger partial charge is 0.206 e. The molecule has 0 amide bonds. The molecule has 6 heteroatoms. The van der Waals surface area contributed by atoms with E-state index in [2.05, 4.69) is 6.92 Å². The van der Waals surface area contributed by atoms with Crippen LogP contribution >= 0.6 is 0 Å². The van der Waals surface area contributed by atoms with E-state index in [1.54, 1.807) is 24.3 Å². The van der Waals surface area contributed by atoms with E-state index in [1.165, 1.54) is 24.3 Å². The third-order valence-corrected chi connectivity index (χ3v) is 6.73. The van der Waals surface area contributed by atoms with Gasteiger partial charge in [-0.2, -0.15) is 0 Å². The van der Waals surface area contributed by atoms with Gasteiger partial charge in [-0.3, -0.25) is 0 Å². The van der Waals surface area contributed by atoms with Gasteiger partial charge in [0.25, 0.3) is 0 Å². The molecule has 0 spiro atoms. The second-order valence-corrected chi connectivity index (χ2v) is 9.18. The molecule has 0 nitrogen and oxygen atoms in total. The summed E-state index contributed by atoms with van der Waals surface area (Å²) < 4.78 is 86.6. The van der Waals surface area contributed by atoms with E-state index in [-0.39, 0.29) is 40.1 Å². The van der Waals surface area contributed by atoms with E-state index in [0.29, 0.717) is 11.1 Å². The molecule has 0 aromatic heterocycles. The Morgan fingerprint density at radius 1 is 0.541 bits per heavy atom. The lowest BCUT2D eigenvalue weighted by Gasteiger charge is -2.12. The number of benzene rings is 5. The van der Waals surface area contributed by atoms with Crippen molar-refractivity contribution in [3.63, 3.8) is 0 Å². The Labute approximate surface area is 210 Å². The van der Waals surface area contributed by atoms with Crippen LogP contribution in [0.2, 0.25) is 0 Å². The van der Waals surface area contributed by atoms with Crippen LogP contribution in [0.5, 0.6) is 0 Å². The molecule has 0 fully saturated rings. The predicted octanol–water partition coefficient (Wildman–Crippen LogP) is 9.23. The van der Waals surface area contributed by atoms with Crippen molar-refractivity contribution in [3.8, 4) is 11.1 Å². The lowest BCUT2D eigenvalue weighted by Crippen LogP contribution is -2.00. The maximum Gasteiger partial charge on any atom is 0.195 e. The molecule has 0 aliphatic carbocycles. The van der Waals surface area contributed by atoms with Crippen LogP contribution in [0.3, 0.4) is 0 Å². The van der Waals surface area contributed by atoms with Crippen LogP contribution in [0, 0.1) is 34.9 Å². The summed E-state index contributed by atoms with van der Waals surface area (Å²) in [7, 11) is 0. The zero-order valence-corrected chi connectivity index (χ0v) is 19.9. The topological polar surface area (TPSA) is 0 Å². The molecule has 0 aliphatic rings. The smallest absolute Gasteiger partial charge is 0.195 e. The number of hydrogen-bond acceptors (Lipinski definition) is 0. The first-order valence-electron chi connectivity index (χ1n) is 12.0. The molecule has 37 heavy (non-hydrogen) atoms. The molecule has 0 saturated carbocycles. The third kappa shape index (κ3) is 4.57. The van der Waals surface area contributed by atoms with Gasteiger partial charge in [0.2, 0.25) is 0 Å². The molecule has 0 aliphatic heterocycles. The molecule has 0 saturated heterocycles. The van der Waals surface area contributed by atoms with Gasteiger partial charge in [-0.05, 0) is 64.4 Å². The van der Waals surface area contributed by atoms with E-state index in [9.17, 15) is 13.2 Å². The summed E-state index contributed by atoms with van der Waals surface area (Å²) in [4.78, 5) is 0. The van der Waals surface area contributed by atoms with Crippen LogP contribution in [0.1, 0.15) is 30.0 Å². The fourth-order valence-corrected chi connectivity index (χ4v) is 4.76. The van der Waals surface area contributed by atoms with Crippen molar-refractivity contribution < 1.29 is 26.3 Å². The quantitative estimate of drug-likeness (QED) is 0.158. The van der Waals surface area contributed by atoms with Gasteiger partial charge < -0.3 is 0 Å². The number of aryl methyl sites for hydroxylation is 3. The number of halogens is 6. The average Bonchev–Trinajstić information content (AvgIpc) is 2.89. The number of fused-ring (bicyclic) bond motifs is 2. The molecule has 5 aromatic carbocycles. The SMILES string of the molecule is CCCc1ccc(-c2cc3ccc(CCc4ccc5c(F)c(F)c(F)cc5c4)c(F)c3c(F)c2F)cc1. The van der Waals surface area contributed by atoms with E-state index < -0.39 is 40.3 Å². The average molecular weight is 509 g/mol. The normalized spacial score (nSPS) is 11.5. The molecule has 0 bridgehead atoms. The van der Waals surface area contributed by atoms with Crippen LogP contribution in [-0.4, -0.2) is 0 Å². The van der Waals surface area contributed by atoms with Crippen molar-refractivity contribution in [1.29, 1.82) is 0 Å². The second kappa shape index (κ2) is 9.92. The second-order valence-electron chi connectivity index (χ2n) is 9.18. The van der Waals surface area contributed by atoms with Gasteiger partial charge in [0.15, 0.2) is 29.1 Å². The summed E-state index contributed by atoms with van der Waals surface area (Å²) in [6.07, 6.45) is 2.26. The van der Waals surface area contributed by atoms with Crippen LogP contribution in [-0.2, 0) is 19.3 Å². The zero-order valence-electron chi connectivity index (χ0n) is 19.9. The lowest BCUT2D eigenvalue weighted by molar-refractivity contribution is 0.453. The zero-order chi connectivity index (χ0) is 26.3. The molecule has 188 valence electrons. The summed E-state index contributed by atoms with van der Waals surface area (Å²) in [6, 6.07) is 17.0. The van der Waals surface area contributed by atoms with Gasteiger partial charge in [0, 0.05) is 10.9 Å². The first-order chi connectivity index (χ1) is 17.8. The first kappa shape index (κ1) is 24.9. The summed E-state index contributed by atoms with van der Waals surface area (Å²) in [5, 5.41) is -0.0601. The van der Waals surface area contributed by atoms with Gasteiger partial charge in [-0.1, -0.05) is 67.9 Å². The number of rotatable bonds is 6. The van der Waals surface area contributed by atoms with Crippen molar-refractivity contribution >= 4 is 21.5 Å². The summed E-state index contributed by atoms with van der Waals surface area (Å²) in [5.74, 6) is -7.31. The fraction of sp³-hybridized carbons (Fsp3) is 0.161. The van der Waals surface area contributed by atoms with E-state index in [1.807, 2.05) is 12.1 Å². The highest BCUT2D eigenvalue weighted by molar-refractivity contribution is 5.89. The molecule has 0 heterocycles. The van der Waals surface area contributed by atoms with Crippen LogP contribution in [0.15, 0.2) is 66.7 Å². The highest BCUT2D eigenvalue weighted by Crippen LogP contribution is 2.34. The molecule has 0 radical (unpaired) electrons. The lowest BCUT2D eigenvalue weighted by atomic mass is 9.95. The molecule has 0 atom stereocenters. The van der Waals surface area contributed by atoms with Crippen LogP contribution in [0.4, 0.5) is 26.3 Å². The summed E-state index contributed by atoms with van der Waals surface area (Å²) >= 11 is 0.